The summed E-state index contributed by atoms with van der Waals surface area (Å²) in [5.41, 5.74) is 6.90. The van der Waals surface area contributed by atoms with Crippen molar-refractivity contribution < 1.29 is 33.9 Å². The van der Waals surface area contributed by atoms with E-state index in [1.54, 1.807) is 13.8 Å². The Morgan fingerprint density at radius 3 is 1.89 bits per heavy atom. The van der Waals surface area contributed by atoms with E-state index in [1.807, 2.05) is 58.0 Å². The van der Waals surface area contributed by atoms with Crippen molar-refractivity contribution in [3.05, 3.63) is 35.9 Å². The van der Waals surface area contributed by atoms with Gasteiger partial charge in [-0.05, 0) is 36.7 Å². The van der Waals surface area contributed by atoms with Crippen molar-refractivity contribution in [1.29, 1.82) is 0 Å². The van der Waals surface area contributed by atoms with Gasteiger partial charge in [0.25, 0.3) is 0 Å². The average Bonchev–Trinajstić information content (AvgIpc) is 2.96. The number of hydrogen-bond donors (Lipinski definition) is 7. The van der Waals surface area contributed by atoms with Gasteiger partial charge in [0.1, 0.15) is 24.2 Å². The number of carboxylic acids is 1. The summed E-state index contributed by atoms with van der Waals surface area (Å²) in [5, 5.41) is 22.0. The van der Waals surface area contributed by atoms with Gasteiger partial charge in [-0.1, -0.05) is 78.3 Å². The lowest BCUT2D eigenvalue weighted by Crippen LogP contribution is -2.58. The number of hydrogen-bond acceptors (Lipinski definition) is 7. The summed E-state index contributed by atoms with van der Waals surface area (Å²) in [6.07, 6.45) is 1.10. The van der Waals surface area contributed by atoms with Crippen LogP contribution < -0.4 is 32.3 Å². The highest BCUT2D eigenvalue weighted by atomic mass is 16.4. The second kappa shape index (κ2) is 18.6. The first-order valence-corrected chi connectivity index (χ1v) is 15.1. The van der Waals surface area contributed by atoms with Crippen LogP contribution in [0.15, 0.2) is 30.3 Å². The fraction of sp³-hybridized carbons (Fsp3) is 0.613. The van der Waals surface area contributed by atoms with Gasteiger partial charge in [0.2, 0.25) is 29.5 Å². The van der Waals surface area contributed by atoms with Gasteiger partial charge < -0.3 is 37.4 Å². The molecule has 13 nitrogen and oxygen atoms in total. The summed E-state index contributed by atoms with van der Waals surface area (Å²) in [4.78, 5) is 75.7. The first-order valence-electron chi connectivity index (χ1n) is 15.1. The molecule has 0 saturated carbocycles. The van der Waals surface area contributed by atoms with Gasteiger partial charge in [-0.25, -0.2) is 4.79 Å². The van der Waals surface area contributed by atoms with Crippen molar-refractivity contribution >= 4 is 35.5 Å². The van der Waals surface area contributed by atoms with Crippen LogP contribution >= 0.6 is 0 Å². The summed E-state index contributed by atoms with van der Waals surface area (Å²) in [5.74, 6) is -4.71. The van der Waals surface area contributed by atoms with Crippen LogP contribution in [0.4, 0.5) is 0 Å². The van der Waals surface area contributed by atoms with E-state index in [0.717, 1.165) is 5.56 Å². The molecule has 6 atom stereocenters. The maximum absolute atomic E-state index is 13.5. The van der Waals surface area contributed by atoms with E-state index >= 15 is 0 Å². The van der Waals surface area contributed by atoms with Gasteiger partial charge in [-0.2, -0.15) is 0 Å². The highest BCUT2D eigenvalue weighted by Crippen LogP contribution is 2.10. The molecule has 1 aromatic rings. The maximum Gasteiger partial charge on any atom is 0.326 e. The number of nitrogens with two attached hydrogens (primary N) is 1. The second-order valence-electron chi connectivity index (χ2n) is 11.9. The van der Waals surface area contributed by atoms with E-state index in [0.29, 0.717) is 6.42 Å². The van der Waals surface area contributed by atoms with Gasteiger partial charge in [-0.15, -0.1) is 0 Å². The Hall–Kier alpha value is -4.00. The molecule has 1 aromatic carbocycles. The van der Waals surface area contributed by atoms with E-state index < -0.39 is 72.3 Å². The fourth-order valence-electron chi connectivity index (χ4n) is 4.26. The predicted octanol–water partition coefficient (Wildman–Crippen LogP) is 0.465. The molecule has 0 heterocycles. The Balaban J connectivity index is 2.93. The molecule has 0 aromatic heterocycles. The van der Waals surface area contributed by atoms with Crippen molar-refractivity contribution in [2.45, 2.75) is 97.9 Å². The molecule has 13 heteroatoms. The van der Waals surface area contributed by atoms with Crippen molar-refractivity contribution in [2.75, 3.05) is 6.54 Å². The Bertz CT molecular complexity index is 1130. The van der Waals surface area contributed by atoms with E-state index in [4.69, 9.17) is 5.73 Å². The van der Waals surface area contributed by atoms with Crippen LogP contribution in [0.2, 0.25) is 0 Å². The van der Waals surface area contributed by atoms with E-state index in [1.165, 1.54) is 6.92 Å². The van der Waals surface area contributed by atoms with Crippen LogP contribution in [0.25, 0.3) is 0 Å². The second-order valence-corrected chi connectivity index (χ2v) is 11.9. The summed E-state index contributed by atoms with van der Waals surface area (Å²) in [6.45, 7) is 11.7. The normalized spacial score (nSPS) is 15.2. The zero-order valence-electron chi connectivity index (χ0n) is 26.8. The molecule has 8 N–H and O–H groups in total. The van der Waals surface area contributed by atoms with Gasteiger partial charge in [-0.3, -0.25) is 24.0 Å². The molecule has 5 amide bonds. The molecule has 0 bridgehead atoms. The van der Waals surface area contributed by atoms with Crippen LogP contribution in [0, 0.1) is 17.8 Å². The van der Waals surface area contributed by atoms with Gasteiger partial charge in [0, 0.05) is 6.42 Å². The molecule has 246 valence electrons. The number of aliphatic carboxylic acids is 1. The molecule has 44 heavy (non-hydrogen) atoms. The van der Waals surface area contributed by atoms with Gasteiger partial charge >= 0.3 is 5.97 Å². The standard InChI is InChI=1S/C31H50N6O7/c1-8-19(6)25(32)30(42)36-23(15-21-12-10-9-11-13-21)29(41)35-22(14-17(2)3)28(40)33-16-24(38)34-20(7)27(39)37-26(18(4)5)31(43)44/h9-13,17-20,22-23,25-26H,8,14-16,32H2,1-7H3,(H,33,40)(H,34,38)(H,35,41)(H,36,42)(H,37,39)(H,43,44)/t19-,20-,22-,23-,25-,26-/m0/s1. The number of amides is 5. The van der Waals surface area contributed by atoms with Crippen molar-refractivity contribution in [3.8, 4) is 0 Å². The number of nitrogens with one attached hydrogen (secondary N) is 5. The highest BCUT2D eigenvalue weighted by molar-refractivity contribution is 5.95. The fourth-order valence-corrected chi connectivity index (χ4v) is 4.26. The van der Waals surface area contributed by atoms with E-state index in [9.17, 15) is 33.9 Å². The lowest BCUT2D eigenvalue weighted by molar-refractivity contribution is -0.143. The van der Waals surface area contributed by atoms with E-state index in [2.05, 4.69) is 26.6 Å². The van der Waals surface area contributed by atoms with Crippen LogP contribution in [0.1, 0.15) is 66.9 Å². The summed E-state index contributed by atoms with van der Waals surface area (Å²) in [7, 11) is 0. The third-order valence-electron chi connectivity index (χ3n) is 7.24. The minimum Gasteiger partial charge on any atom is -0.480 e. The first kappa shape index (κ1) is 38.0. The summed E-state index contributed by atoms with van der Waals surface area (Å²) < 4.78 is 0. The molecular weight excluding hydrogens is 568 g/mol. The van der Waals surface area contributed by atoms with Crippen LogP contribution in [-0.2, 0) is 35.2 Å². The Kier molecular flexibility index (Phi) is 16.1. The van der Waals surface area contributed by atoms with Crippen LogP contribution in [0.3, 0.4) is 0 Å². The minimum absolute atomic E-state index is 0.00674. The SMILES string of the molecule is CC[C@H](C)[C@H](N)C(=O)N[C@@H](Cc1ccccc1)C(=O)N[C@@H](CC(C)C)C(=O)NCC(=O)N[C@@H](C)C(=O)N[C@H](C(=O)O)C(C)C. The molecule has 0 fully saturated rings. The van der Waals surface area contributed by atoms with Gasteiger partial charge in [0.15, 0.2) is 0 Å². The molecule has 0 radical (unpaired) electrons. The zero-order chi connectivity index (χ0) is 33.6. The molecular formula is C31H50N6O7. The van der Waals surface area contributed by atoms with Crippen molar-refractivity contribution in [3.63, 3.8) is 0 Å². The molecule has 0 unspecified atom stereocenters. The molecule has 0 spiro atoms. The number of carboxylic acid groups (broad SMARTS) is 1. The quantitative estimate of drug-likeness (QED) is 0.123. The van der Waals surface area contributed by atoms with Crippen LogP contribution in [-0.4, -0.2) is 77.4 Å². The summed E-state index contributed by atoms with van der Waals surface area (Å²) in [6, 6.07) is 4.09. The highest BCUT2D eigenvalue weighted by Gasteiger charge is 2.31. The maximum atomic E-state index is 13.5. The number of carbonyl (C=O) groups is 6. The lowest BCUT2D eigenvalue weighted by Gasteiger charge is -2.26. The predicted molar refractivity (Wildman–Crippen MR) is 166 cm³/mol. The first-order chi connectivity index (χ1) is 20.6. The van der Waals surface area contributed by atoms with Crippen molar-refractivity contribution in [2.24, 2.45) is 23.5 Å². The minimum atomic E-state index is -1.19. The topological polar surface area (TPSA) is 209 Å². The average molecular weight is 619 g/mol. The molecule has 0 aliphatic heterocycles. The number of carbonyl (C=O) groups excluding carboxylic acids is 5. The van der Waals surface area contributed by atoms with Crippen LogP contribution in [0.5, 0.6) is 0 Å². The van der Waals surface area contributed by atoms with Crippen molar-refractivity contribution in [1.82, 2.24) is 26.6 Å². The Morgan fingerprint density at radius 2 is 1.36 bits per heavy atom. The zero-order valence-corrected chi connectivity index (χ0v) is 26.8. The third kappa shape index (κ3) is 13.1. The Labute approximate surface area is 259 Å². The summed E-state index contributed by atoms with van der Waals surface area (Å²) >= 11 is 0. The number of benzene rings is 1. The molecule has 0 aliphatic rings. The molecule has 1 rings (SSSR count). The van der Waals surface area contributed by atoms with E-state index in [-0.39, 0.29) is 30.6 Å². The Morgan fingerprint density at radius 1 is 0.773 bits per heavy atom. The largest absolute Gasteiger partial charge is 0.480 e. The smallest absolute Gasteiger partial charge is 0.326 e. The molecule has 0 saturated heterocycles. The van der Waals surface area contributed by atoms with Gasteiger partial charge in [0.05, 0.1) is 12.6 Å². The lowest BCUT2D eigenvalue weighted by atomic mass is 9.98. The third-order valence-corrected chi connectivity index (χ3v) is 7.24. The monoisotopic (exact) mass is 618 g/mol. The molecule has 0 aliphatic carbocycles. The number of rotatable bonds is 18.